The van der Waals surface area contributed by atoms with Gasteiger partial charge in [-0.3, -0.25) is 4.79 Å². The van der Waals surface area contributed by atoms with Gasteiger partial charge < -0.3 is 4.74 Å². The number of halogens is 1. The molecule has 0 aromatic heterocycles. The number of rotatable bonds is 3. The van der Waals surface area contributed by atoms with E-state index in [1.807, 2.05) is 24.3 Å². The fourth-order valence-corrected chi connectivity index (χ4v) is 2.86. The van der Waals surface area contributed by atoms with Crippen LogP contribution in [-0.2, 0) is 16.0 Å². The predicted octanol–water partition coefficient (Wildman–Crippen LogP) is 4.03. The molecule has 1 aliphatic rings. The molecule has 1 aliphatic carbocycles. The number of carbonyl (C=O) groups excluding carboxylic acids is 1. The zero-order valence-electron chi connectivity index (χ0n) is 11.6. The van der Waals surface area contributed by atoms with E-state index in [9.17, 15) is 4.79 Å². The van der Waals surface area contributed by atoms with Gasteiger partial charge in [-0.2, -0.15) is 0 Å². The lowest BCUT2D eigenvalue weighted by atomic mass is 9.77. The van der Waals surface area contributed by atoms with Crippen molar-refractivity contribution < 1.29 is 9.53 Å². The van der Waals surface area contributed by atoms with Gasteiger partial charge in [-0.05, 0) is 36.0 Å². The van der Waals surface area contributed by atoms with Crippen molar-refractivity contribution in [2.75, 3.05) is 7.11 Å². The maximum atomic E-state index is 12.0. The molecule has 0 heterocycles. The highest BCUT2D eigenvalue weighted by Crippen LogP contribution is 2.44. The SMILES string of the molecule is COC(=O)C1C(Cc2ccc(Cl)cc2)=CCC1(C)C. The zero-order chi connectivity index (χ0) is 14.0. The molecule has 2 rings (SSSR count). The largest absolute Gasteiger partial charge is 0.469 e. The van der Waals surface area contributed by atoms with Crippen molar-refractivity contribution in [2.24, 2.45) is 11.3 Å². The Kier molecular flexibility index (Phi) is 4.00. The van der Waals surface area contributed by atoms with E-state index in [-0.39, 0.29) is 17.3 Å². The summed E-state index contributed by atoms with van der Waals surface area (Å²) in [5.74, 6) is -0.282. The van der Waals surface area contributed by atoms with Crippen LogP contribution in [0.2, 0.25) is 5.02 Å². The number of allylic oxidation sites excluding steroid dienone is 1. The highest BCUT2D eigenvalue weighted by molar-refractivity contribution is 6.30. The first-order valence-corrected chi connectivity index (χ1v) is 6.83. The van der Waals surface area contributed by atoms with Crippen molar-refractivity contribution in [3.8, 4) is 0 Å². The molecule has 1 aromatic rings. The van der Waals surface area contributed by atoms with Gasteiger partial charge in [0.1, 0.15) is 0 Å². The van der Waals surface area contributed by atoms with Gasteiger partial charge in [0.05, 0.1) is 13.0 Å². The first-order valence-electron chi connectivity index (χ1n) is 6.45. The summed E-state index contributed by atoms with van der Waals surface area (Å²) in [7, 11) is 1.46. The first-order chi connectivity index (χ1) is 8.94. The molecule has 1 atom stereocenters. The Morgan fingerprint density at radius 2 is 2.00 bits per heavy atom. The van der Waals surface area contributed by atoms with E-state index in [0.717, 1.165) is 23.4 Å². The molecule has 3 heteroatoms. The van der Waals surface area contributed by atoms with Gasteiger partial charge >= 0.3 is 5.97 Å². The number of ether oxygens (including phenoxy) is 1. The number of methoxy groups -OCH3 is 1. The number of hydrogen-bond donors (Lipinski definition) is 0. The fourth-order valence-electron chi connectivity index (χ4n) is 2.73. The summed E-state index contributed by atoms with van der Waals surface area (Å²) in [6.07, 6.45) is 3.87. The van der Waals surface area contributed by atoms with E-state index in [1.165, 1.54) is 12.7 Å². The van der Waals surface area contributed by atoms with Crippen molar-refractivity contribution >= 4 is 17.6 Å². The quantitative estimate of drug-likeness (QED) is 0.616. The molecule has 0 aliphatic heterocycles. The Balaban J connectivity index is 2.19. The Bertz CT molecular complexity index is 500. The molecule has 0 spiro atoms. The first kappa shape index (κ1) is 14.1. The standard InChI is InChI=1S/C16H19ClO2/c1-16(2)9-8-12(14(16)15(18)19-3)10-11-4-6-13(17)7-5-11/h4-8,14H,9-10H2,1-3H3. The number of esters is 1. The Hall–Kier alpha value is -1.28. The zero-order valence-corrected chi connectivity index (χ0v) is 12.3. The summed E-state index contributed by atoms with van der Waals surface area (Å²) in [6.45, 7) is 4.22. The molecule has 0 N–H and O–H groups in total. The monoisotopic (exact) mass is 278 g/mol. The highest BCUT2D eigenvalue weighted by Gasteiger charge is 2.41. The van der Waals surface area contributed by atoms with Crippen molar-refractivity contribution in [1.29, 1.82) is 0 Å². The lowest BCUT2D eigenvalue weighted by Crippen LogP contribution is -2.30. The van der Waals surface area contributed by atoms with Crippen LogP contribution in [0.15, 0.2) is 35.9 Å². The van der Waals surface area contributed by atoms with Crippen LogP contribution in [0.1, 0.15) is 25.8 Å². The lowest BCUT2D eigenvalue weighted by Gasteiger charge is -2.27. The average Bonchev–Trinajstić information content (AvgIpc) is 2.67. The van der Waals surface area contributed by atoms with Crippen LogP contribution in [0.25, 0.3) is 0 Å². The van der Waals surface area contributed by atoms with Crippen LogP contribution in [0.4, 0.5) is 0 Å². The predicted molar refractivity (Wildman–Crippen MR) is 77.1 cm³/mol. The summed E-state index contributed by atoms with van der Waals surface area (Å²) in [5.41, 5.74) is 2.26. The third-order valence-electron chi connectivity index (χ3n) is 3.80. The molecular formula is C16H19ClO2. The molecule has 1 unspecified atom stereocenters. The Labute approximate surface area is 119 Å². The van der Waals surface area contributed by atoms with Gasteiger partial charge in [0, 0.05) is 5.02 Å². The summed E-state index contributed by atoms with van der Waals surface area (Å²) in [6, 6.07) is 7.76. The van der Waals surface area contributed by atoms with Crippen LogP contribution in [0.5, 0.6) is 0 Å². The molecule has 0 radical (unpaired) electrons. The van der Waals surface area contributed by atoms with Gasteiger partial charge in [-0.1, -0.05) is 49.2 Å². The molecule has 102 valence electrons. The van der Waals surface area contributed by atoms with E-state index in [1.54, 1.807) is 0 Å². The fraction of sp³-hybridized carbons (Fsp3) is 0.438. The maximum absolute atomic E-state index is 12.0. The molecule has 1 aromatic carbocycles. The molecular weight excluding hydrogens is 260 g/mol. The summed E-state index contributed by atoms with van der Waals surface area (Å²) in [4.78, 5) is 12.0. The topological polar surface area (TPSA) is 26.3 Å². The van der Waals surface area contributed by atoms with E-state index >= 15 is 0 Å². The van der Waals surface area contributed by atoms with Gasteiger partial charge in [-0.15, -0.1) is 0 Å². The molecule has 0 bridgehead atoms. The van der Waals surface area contributed by atoms with Crippen molar-refractivity contribution in [2.45, 2.75) is 26.7 Å². The number of benzene rings is 1. The van der Waals surface area contributed by atoms with Crippen LogP contribution < -0.4 is 0 Å². The highest BCUT2D eigenvalue weighted by atomic mass is 35.5. The second-order valence-electron chi connectivity index (χ2n) is 5.73. The molecule has 0 saturated heterocycles. The summed E-state index contributed by atoms with van der Waals surface area (Å²) >= 11 is 5.89. The van der Waals surface area contributed by atoms with Crippen molar-refractivity contribution in [1.82, 2.24) is 0 Å². The average molecular weight is 279 g/mol. The van der Waals surface area contributed by atoms with Gasteiger partial charge in [0.25, 0.3) is 0 Å². The molecule has 0 fully saturated rings. The molecule has 0 saturated carbocycles. The van der Waals surface area contributed by atoms with E-state index < -0.39 is 0 Å². The minimum absolute atomic E-state index is 0.0607. The Morgan fingerprint density at radius 1 is 1.37 bits per heavy atom. The van der Waals surface area contributed by atoms with Crippen molar-refractivity contribution in [3.63, 3.8) is 0 Å². The molecule has 2 nitrogen and oxygen atoms in total. The number of carbonyl (C=O) groups is 1. The second kappa shape index (κ2) is 5.38. The number of hydrogen-bond acceptors (Lipinski definition) is 2. The smallest absolute Gasteiger partial charge is 0.313 e. The van der Waals surface area contributed by atoms with Crippen LogP contribution in [0.3, 0.4) is 0 Å². The summed E-state index contributed by atoms with van der Waals surface area (Å²) < 4.78 is 4.96. The van der Waals surface area contributed by atoms with E-state index in [0.29, 0.717) is 0 Å². The minimum atomic E-state index is -0.145. The van der Waals surface area contributed by atoms with Crippen LogP contribution in [0, 0.1) is 11.3 Å². The van der Waals surface area contributed by atoms with Gasteiger partial charge in [0.15, 0.2) is 0 Å². The van der Waals surface area contributed by atoms with Gasteiger partial charge in [-0.25, -0.2) is 0 Å². The molecule has 0 amide bonds. The Morgan fingerprint density at radius 3 is 2.58 bits per heavy atom. The second-order valence-corrected chi connectivity index (χ2v) is 6.17. The maximum Gasteiger partial charge on any atom is 0.313 e. The van der Waals surface area contributed by atoms with E-state index in [2.05, 4.69) is 19.9 Å². The minimum Gasteiger partial charge on any atom is -0.469 e. The normalized spacial score (nSPS) is 21.1. The van der Waals surface area contributed by atoms with Crippen LogP contribution in [-0.4, -0.2) is 13.1 Å². The lowest BCUT2D eigenvalue weighted by molar-refractivity contribution is -0.147. The van der Waals surface area contributed by atoms with Crippen molar-refractivity contribution in [3.05, 3.63) is 46.5 Å². The van der Waals surface area contributed by atoms with Gasteiger partial charge in [0.2, 0.25) is 0 Å². The third-order valence-corrected chi connectivity index (χ3v) is 4.05. The summed E-state index contributed by atoms with van der Waals surface area (Å²) in [5, 5.41) is 0.731. The van der Waals surface area contributed by atoms with E-state index in [4.69, 9.17) is 16.3 Å². The molecule has 19 heavy (non-hydrogen) atoms. The third kappa shape index (κ3) is 3.01. The van der Waals surface area contributed by atoms with Crippen LogP contribution >= 0.6 is 11.6 Å².